The van der Waals surface area contributed by atoms with E-state index in [4.69, 9.17) is 4.74 Å². The number of benzene rings is 1. The third kappa shape index (κ3) is 3.12. The zero-order valence-corrected chi connectivity index (χ0v) is 18.7. The van der Waals surface area contributed by atoms with Gasteiger partial charge in [0.15, 0.2) is 0 Å². The Balaban J connectivity index is 1.42. The van der Waals surface area contributed by atoms with Crippen molar-refractivity contribution in [1.29, 1.82) is 0 Å². The van der Waals surface area contributed by atoms with Gasteiger partial charge in [0.2, 0.25) is 5.91 Å². The Morgan fingerprint density at radius 3 is 2.84 bits per heavy atom. The number of morpholine rings is 1. The van der Waals surface area contributed by atoms with Gasteiger partial charge in [0, 0.05) is 36.6 Å². The molecule has 0 spiro atoms. The Morgan fingerprint density at radius 2 is 2.09 bits per heavy atom. The molecule has 0 bridgehead atoms. The Labute approximate surface area is 186 Å². The van der Waals surface area contributed by atoms with Gasteiger partial charge in [-0.15, -0.1) is 0 Å². The number of hydrogen-bond donors (Lipinski definition) is 3. The van der Waals surface area contributed by atoms with Crippen molar-refractivity contribution in [2.45, 2.75) is 45.0 Å². The number of carbonyl (C=O) groups is 3. The summed E-state index contributed by atoms with van der Waals surface area (Å²) in [6.07, 6.45) is 4.95. The van der Waals surface area contributed by atoms with Crippen LogP contribution in [0.5, 0.6) is 0 Å². The number of rotatable bonds is 3. The van der Waals surface area contributed by atoms with Crippen LogP contribution in [0.3, 0.4) is 0 Å². The Morgan fingerprint density at radius 1 is 1.31 bits per heavy atom. The van der Waals surface area contributed by atoms with Crippen LogP contribution in [0.1, 0.15) is 31.9 Å². The van der Waals surface area contributed by atoms with Crippen molar-refractivity contribution in [2.24, 2.45) is 11.8 Å². The standard InChI is InChI=1S/C24H28N4O4/c1-12(2)20-22(30)32-24(3,23(31)26-20)27-21(29)14-8-16-15-6-5-7-17-19(15)13(10-25-17)9-18(16)28(4)11-14/h5-8,10,12,14,18,20,25H,9,11H2,1-4H3,(H,26,31)(H,27,29). The van der Waals surface area contributed by atoms with Crippen LogP contribution in [0.2, 0.25) is 0 Å². The summed E-state index contributed by atoms with van der Waals surface area (Å²) >= 11 is 0. The number of fused-ring (bicyclic) bond motifs is 2. The van der Waals surface area contributed by atoms with E-state index in [2.05, 4.69) is 38.8 Å². The third-order valence-electron chi connectivity index (χ3n) is 6.91. The van der Waals surface area contributed by atoms with Crippen molar-refractivity contribution >= 4 is 34.3 Å². The maximum absolute atomic E-state index is 13.2. The average molecular weight is 437 g/mol. The summed E-state index contributed by atoms with van der Waals surface area (Å²) in [5.41, 5.74) is 2.89. The number of esters is 1. The molecule has 4 unspecified atom stereocenters. The predicted molar refractivity (Wildman–Crippen MR) is 119 cm³/mol. The molecule has 0 radical (unpaired) electrons. The fourth-order valence-electron chi connectivity index (χ4n) is 5.11. The van der Waals surface area contributed by atoms with Crippen molar-refractivity contribution in [3.05, 3.63) is 41.6 Å². The van der Waals surface area contributed by atoms with E-state index < -0.39 is 29.6 Å². The molecular weight excluding hydrogens is 408 g/mol. The first-order valence-electron chi connectivity index (χ1n) is 11.0. The minimum Gasteiger partial charge on any atom is -0.428 e. The van der Waals surface area contributed by atoms with Gasteiger partial charge in [0.05, 0.1) is 5.92 Å². The lowest BCUT2D eigenvalue weighted by Crippen LogP contribution is -2.68. The highest BCUT2D eigenvalue weighted by Crippen LogP contribution is 2.40. The zero-order valence-electron chi connectivity index (χ0n) is 18.7. The quantitative estimate of drug-likeness (QED) is 0.634. The van der Waals surface area contributed by atoms with Crippen LogP contribution in [-0.4, -0.2) is 59.1 Å². The molecule has 1 aromatic heterocycles. The number of ether oxygens (including phenoxy) is 1. The third-order valence-corrected chi connectivity index (χ3v) is 6.91. The summed E-state index contributed by atoms with van der Waals surface area (Å²) in [4.78, 5) is 43.8. The number of hydrogen-bond acceptors (Lipinski definition) is 5. The second-order valence-corrected chi connectivity index (χ2v) is 9.57. The predicted octanol–water partition coefficient (Wildman–Crippen LogP) is 1.57. The number of aromatic amines is 1. The monoisotopic (exact) mass is 436 g/mol. The van der Waals surface area contributed by atoms with Crippen LogP contribution >= 0.6 is 0 Å². The largest absolute Gasteiger partial charge is 0.428 e. The highest BCUT2D eigenvalue weighted by Gasteiger charge is 2.48. The molecule has 1 saturated heterocycles. The maximum atomic E-state index is 13.2. The molecule has 2 aliphatic heterocycles. The van der Waals surface area contributed by atoms with Crippen molar-refractivity contribution in [1.82, 2.24) is 20.5 Å². The van der Waals surface area contributed by atoms with Gasteiger partial charge in [0.25, 0.3) is 11.6 Å². The number of cyclic esters (lactones) is 1. The van der Waals surface area contributed by atoms with Gasteiger partial charge in [-0.3, -0.25) is 14.5 Å². The second-order valence-electron chi connectivity index (χ2n) is 9.57. The number of nitrogens with one attached hydrogen (secondary N) is 3. The van der Waals surface area contributed by atoms with Crippen molar-refractivity contribution in [2.75, 3.05) is 13.6 Å². The smallest absolute Gasteiger partial charge is 0.331 e. The van der Waals surface area contributed by atoms with E-state index in [1.807, 2.05) is 33.0 Å². The lowest BCUT2D eigenvalue weighted by Gasteiger charge is -2.41. The van der Waals surface area contributed by atoms with E-state index in [9.17, 15) is 14.4 Å². The molecule has 1 fully saturated rings. The first kappa shape index (κ1) is 20.8. The van der Waals surface area contributed by atoms with Gasteiger partial charge in [-0.05, 0) is 42.2 Å². The molecular formula is C24H28N4O4. The van der Waals surface area contributed by atoms with E-state index in [0.717, 1.165) is 23.1 Å². The fraction of sp³-hybridized carbons (Fsp3) is 0.458. The zero-order chi connectivity index (χ0) is 22.8. The first-order valence-corrected chi connectivity index (χ1v) is 11.0. The summed E-state index contributed by atoms with van der Waals surface area (Å²) in [5.74, 6) is -1.98. The van der Waals surface area contributed by atoms with Crippen LogP contribution < -0.4 is 10.6 Å². The fourth-order valence-corrected chi connectivity index (χ4v) is 5.11. The topological polar surface area (TPSA) is 104 Å². The number of amides is 2. The molecule has 1 aromatic carbocycles. The molecule has 0 saturated carbocycles. The lowest BCUT2D eigenvalue weighted by atomic mass is 9.79. The first-order chi connectivity index (χ1) is 15.2. The number of H-pyrrole nitrogens is 1. The number of carbonyl (C=O) groups excluding carboxylic acids is 3. The lowest BCUT2D eigenvalue weighted by molar-refractivity contribution is -0.184. The van der Waals surface area contributed by atoms with Crippen LogP contribution in [0.4, 0.5) is 0 Å². The molecule has 5 rings (SSSR count). The molecule has 4 atom stereocenters. The molecule has 3 N–H and O–H groups in total. The van der Waals surface area contributed by atoms with Gasteiger partial charge in [0.1, 0.15) is 6.04 Å². The van der Waals surface area contributed by atoms with E-state index in [1.165, 1.54) is 17.9 Å². The van der Waals surface area contributed by atoms with Crippen molar-refractivity contribution < 1.29 is 19.1 Å². The van der Waals surface area contributed by atoms with Crippen molar-refractivity contribution in [3.8, 4) is 0 Å². The molecule has 3 heterocycles. The summed E-state index contributed by atoms with van der Waals surface area (Å²) in [5, 5.41) is 6.58. The average Bonchev–Trinajstić information content (AvgIpc) is 3.15. The second kappa shape index (κ2) is 7.20. The Bertz CT molecular complexity index is 1170. The molecule has 2 aromatic rings. The van der Waals surface area contributed by atoms with Crippen molar-refractivity contribution in [3.63, 3.8) is 0 Å². The van der Waals surface area contributed by atoms with Gasteiger partial charge in [-0.2, -0.15) is 0 Å². The van der Waals surface area contributed by atoms with E-state index in [-0.39, 0.29) is 17.9 Å². The molecule has 3 aliphatic rings. The van der Waals surface area contributed by atoms with E-state index in [0.29, 0.717) is 6.54 Å². The molecule has 32 heavy (non-hydrogen) atoms. The number of likely N-dealkylation sites (N-methyl/N-ethyl adjacent to an activating group) is 1. The van der Waals surface area contributed by atoms with Gasteiger partial charge < -0.3 is 20.4 Å². The summed E-state index contributed by atoms with van der Waals surface area (Å²) in [6.45, 7) is 5.59. The Kier molecular flexibility index (Phi) is 4.67. The molecule has 1 aliphatic carbocycles. The molecule has 2 amide bonds. The minimum absolute atomic E-state index is 0.104. The van der Waals surface area contributed by atoms with Crippen LogP contribution in [0, 0.1) is 11.8 Å². The van der Waals surface area contributed by atoms with E-state index >= 15 is 0 Å². The molecule has 8 nitrogen and oxygen atoms in total. The normalized spacial score (nSPS) is 29.9. The molecule has 168 valence electrons. The van der Waals surface area contributed by atoms with Gasteiger partial charge in [-0.25, -0.2) is 4.79 Å². The van der Waals surface area contributed by atoms with Crippen LogP contribution in [0.25, 0.3) is 16.5 Å². The van der Waals surface area contributed by atoms with Gasteiger partial charge in [-0.1, -0.05) is 32.1 Å². The number of aromatic nitrogens is 1. The summed E-state index contributed by atoms with van der Waals surface area (Å²) < 4.78 is 5.42. The SMILES string of the molecule is CC(C)C1NC(=O)C(C)(NC(=O)C2C=C3c4cccc5[nH]cc(c45)CC3N(C)C2)OC1=O. The minimum atomic E-state index is -1.73. The van der Waals surface area contributed by atoms with Crippen LogP contribution in [0.15, 0.2) is 30.5 Å². The highest BCUT2D eigenvalue weighted by molar-refractivity contribution is 6.01. The van der Waals surface area contributed by atoms with Crippen LogP contribution in [-0.2, 0) is 25.5 Å². The summed E-state index contributed by atoms with van der Waals surface area (Å²) in [7, 11) is 2.01. The maximum Gasteiger partial charge on any atom is 0.331 e. The van der Waals surface area contributed by atoms with E-state index in [1.54, 1.807) is 0 Å². The molecule has 8 heteroatoms. The highest BCUT2D eigenvalue weighted by atomic mass is 16.6. The van der Waals surface area contributed by atoms with Gasteiger partial charge >= 0.3 is 5.97 Å². The Hall–Kier alpha value is -3.13. The number of nitrogens with zero attached hydrogens (tertiary/aromatic N) is 1. The summed E-state index contributed by atoms with van der Waals surface area (Å²) in [6, 6.07) is 5.64.